The van der Waals surface area contributed by atoms with E-state index in [1.165, 1.54) is 0 Å². The number of hydrogen-bond donors (Lipinski definition) is 0. The molecule has 0 aliphatic carbocycles. The Kier molecular flexibility index (Phi) is 2.03. The maximum absolute atomic E-state index is 2.14. The smallest absolute Gasteiger partial charge is 0.0674 e. The average Bonchev–Trinajstić information content (AvgIpc) is 2.19. The van der Waals surface area contributed by atoms with Crippen LogP contribution in [0, 0.1) is 0 Å². The third-order valence-corrected chi connectivity index (χ3v) is 1.50. The van der Waals surface area contributed by atoms with Crippen LogP contribution in [0.15, 0.2) is 24.5 Å². The maximum atomic E-state index is 2.14. The molecule has 1 heterocycles. The second kappa shape index (κ2) is 2.82. The molecule has 0 spiro atoms. The van der Waals surface area contributed by atoms with E-state index in [0.29, 0.717) is 0 Å². The Hall–Kier alpha value is -0.370. The Morgan fingerprint density at radius 1 is 1.38 bits per heavy atom. The van der Waals surface area contributed by atoms with Crippen molar-refractivity contribution in [3.05, 3.63) is 24.5 Å². The van der Waals surface area contributed by atoms with Crippen molar-refractivity contribution in [1.29, 1.82) is 0 Å². The Labute approximate surface area is 53.7 Å². The summed E-state index contributed by atoms with van der Waals surface area (Å²) in [6.07, 6.45) is 6.23. The van der Waals surface area contributed by atoms with Gasteiger partial charge in [-0.15, -0.1) is 11.8 Å². The highest BCUT2D eigenvalue weighted by Gasteiger charge is 1.81. The third-order valence-electron chi connectivity index (χ3n) is 0.944. The van der Waals surface area contributed by atoms with E-state index in [1.807, 2.05) is 23.9 Å². The van der Waals surface area contributed by atoms with Crippen LogP contribution in [0.25, 0.3) is 0 Å². The lowest BCUT2D eigenvalue weighted by molar-refractivity contribution is 0.905. The molecule has 8 heavy (non-hydrogen) atoms. The Bertz CT molecular complexity index is 134. The second-order valence-corrected chi connectivity index (χ2v) is 2.45. The van der Waals surface area contributed by atoms with Crippen molar-refractivity contribution in [2.75, 3.05) is 6.26 Å². The Balaban J connectivity index is 2.50. The van der Waals surface area contributed by atoms with Crippen LogP contribution in [-0.4, -0.2) is 10.8 Å². The monoisotopic (exact) mass is 127 g/mol. The SMILES string of the molecule is CSCn1cccc1. The fourth-order valence-corrected chi connectivity index (χ4v) is 1.08. The zero-order valence-corrected chi connectivity index (χ0v) is 5.69. The first kappa shape index (κ1) is 5.76. The highest BCUT2D eigenvalue weighted by Crippen LogP contribution is 1.98. The lowest BCUT2D eigenvalue weighted by Crippen LogP contribution is -1.86. The summed E-state index contributed by atoms with van der Waals surface area (Å²) in [6, 6.07) is 4.08. The minimum atomic E-state index is 1.06. The van der Waals surface area contributed by atoms with Gasteiger partial charge in [0.2, 0.25) is 0 Å². The van der Waals surface area contributed by atoms with E-state index in [1.54, 1.807) is 0 Å². The molecule has 0 fully saturated rings. The molecule has 1 aromatic rings. The molecular formula is C6H9NS. The lowest BCUT2D eigenvalue weighted by atomic mass is 10.7. The summed E-state index contributed by atoms with van der Waals surface area (Å²) < 4.78 is 2.14. The molecule has 1 nitrogen and oxygen atoms in total. The summed E-state index contributed by atoms with van der Waals surface area (Å²) in [4.78, 5) is 0. The zero-order valence-electron chi connectivity index (χ0n) is 4.87. The van der Waals surface area contributed by atoms with Gasteiger partial charge in [0, 0.05) is 12.4 Å². The zero-order chi connectivity index (χ0) is 5.82. The number of hydrogen-bond acceptors (Lipinski definition) is 1. The Morgan fingerprint density at radius 3 is 2.50 bits per heavy atom. The number of rotatable bonds is 2. The maximum Gasteiger partial charge on any atom is 0.0674 e. The van der Waals surface area contributed by atoms with Crippen molar-refractivity contribution in [2.24, 2.45) is 0 Å². The van der Waals surface area contributed by atoms with Gasteiger partial charge in [-0.25, -0.2) is 0 Å². The van der Waals surface area contributed by atoms with E-state index in [4.69, 9.17) is 0 Å². The van der Waals surface area contributed by atoms with Gasteiger partial charge in [0.25, 0.3) is 0 Å². The number of aromatic nitrogens is 1. The van der Waals surface area contributed by atoms with Crippen molar-refractivity contribution in [3.8, 4) is 0 Å². The first-order chi connectivity index (χ1) is 3.93. The normalized spacial score (nSPS) is 9.62. The molecule has 0 N–H and O–H groups in total. The van der Waals surface area contributed by atoms with Gasteiger partial charge in [0.1, 0.15) is 0 Å². The van der Waals surface area contributed by atoms with E-state index in [9.17, 15) is 0 Å². The fourth-order valence-electron chi connectivity index (χ4n) is 0.605. The Morgan fingerprint density at radius 2 is 2.00 bits per heavy atom. The van der Waals surface area contributed by atoms with Crippen LogP contribution in [0.1, 0.15) is 0 Å². The van der Waals surface area contributed by atoms with Crippen molar-refractivity contribution in [1.82, 2.24) is 4.57 Å². The summed E-state index contributed by atoms with van der Waals surface area (Å²) in [5.41, 5.74) is 0. The average molecular weight is 127 g/mol. The molecule has 0 amide bonds. The number of thioether (sulfide) groups is 1. The molecule has 0 saturated heterocycles. The van der Waals surface area contributed by atoms with Crippen molar-refractivity contribution in [3.63, 3.8) is 0 Å². The summed E-state index contributed by atoms with van der Waals surface area (Å²) in [5, 5.41) is 0. The van der Waals surface area contributed by atoms with E-state index >= 15 is 0 Å². The van der Waals surface area contributed by atoms with Crippen molar-refractivity contribution in [2.45, 2.75) is 5.88 Å². The van der Waals surface area contributed by atoms with Crippen LogP contribution >= 0.6 is 11.8 Å². The van der Waals surface area contributed by atoms with E-state index in [0.717, 1.165) is 5.88 Å². The van der Waals surface area contributed by atoms with E-state index in [2.05, 4.69) is 23.2 Å². The molecule has 1 aromatic heterocycles. The van der Waals surface area contributed by atoms with Crippen LogP contribution in [-0.2, 0) is 5.88 Å². The van der Waals surface area contributed by atoms with Crippen LogP contribution in [0.5, 0.6) is 0 Å². The molecule has 0 saturated carbocycles. The minimum Gasteiger partial charge on any atom is -0.345 e. The predicted octanol–water partition coefficient (Wildman–Crippen LogP) is 1.81. The van der Waals surface area contributed by atoms with Gasteiger partial charge in [0.15, 0.2) is 0 Å². The topological polar surface area (TPSA) is 4.93 Å². The fraction of sp³-hybridized carbons (Fsp3) is 0.333. The van der Waals surface area contributed by atoms with E-state index in [-0.39, 0.29) is 0 Å². The van der Waals surface area contributed by atoms with Crippen LogP contribution < -0.4 is 0 Å². The van der Waals surface area contributed by atoms with Gasteiger partial charge >= 0.3 is 0 Å². The summed E-state index contributed by atoms with van der Waals surface area (Å²) in [6.45, 7) is 0. The van der Waals surface area contributed by atoms with Crippen LogP contribution in [0.3, 0.4) is 0 Å². The van der Waals surface area contributed by atoms with Gasteiger partial charge < -0.3 is 4.57 Å². The van der Waals surface area contributed by atoms with Crippen molar-refractivity contribution < 1.29 is 0 Å². The van der Waals surface area contributed by atoms with Gasteiger partial charge in [-0.1, -0.05) is 0 Å². The van der Waals surface area contributed by atoms with Crippen molar-refractivity contribution >= 4 is 11.8 Å². The summed E-state index contributed by atoms with van der Waals surface area (Å²) in [5.74, 6) is 1.06. The number of nitrogens with zero attached hydrogens (tertiary/aromatic N) is 1. The van der Waals surface area contributed by atoms with Crippen LogP contribution in [0.2, 0.25) is 0 Å². The molecule has 1 rings (SSSR count). The molecule has 0 aliphatic rings. The molecule has 2 heteroatoms. The highest BCUT2D eigenvalue weighted by molar-refractivity contribution is 7.97. The standard InChI is InChI=1S/C6H9NS/c1-8-6-7-4-2-3-5-7/h2-5H,6H2,1H3. The molecule has 44 valence electrons. The summed E-state index contributed by atoms with van der Waals surface area (Å²) in [7, 11) is 0. The molecule has 0 bridgehead atoms. The minimum absolute atomic E-state index is 1.06. The first-order valence-corrected chi connectivity index (χ1v) is 3.92. The molecule has 0 aromatic carbocycles. The first-order valence-electron chi connectivity index (χ1n) is 2.53. The predicted molar refractivity (Wildman–Crippen MR) is 37.9 cm³/mol. The van der Waals surface area contributed by atoms with Gasteiger partial charge in [-0.3, -0.25) is 0 Å². The summed E-state index contributed by atoms with van der Waals surface area (Å²) >= 11 is 1.82. The molecular weight excluding hydrogens is 118 g/mol. The lowest BCUT2D eigenvalue weighted by Gasteiger charge is -1.94. The quantitative estimate of drug-likeness (QED) is 0.586. The molecule has 0 unspecified atom stereocenters. The molecule has 0 aliphatic heterocycles. The highest BCUT2D eigenvalue weighted by atomic mass is 32.2. The van der Waals surface area contributed by atoms with E-state index < -0.39 is 0 Å². The second-order valence-electron chi connectivity index (χ2n) is 1.62. The molecule has 0 radical (unpaired) electrons. The van der Waals surface area contributed by atoms with Gasteiger partial charge in [-0.05, 0) is 18.4 Å². The van der Waals surface area contributed by atoms with Crippen LogP contribution in [0.4, 0.5) is 0 Å². The third kappa shape index (κ3) is 1.30. The van der Waals surface area contributed by atoms with Gasteiger partial charge in [-0.2, -0.15) is 0 Å². The molecule has 0 atom stereocenters. The van der Waals surface area contributed by atoms with Gasteiger partial charge in [0.05, 0.1) is 5.88 Å². The largest absolute Gasteiger partial charge is 0.345 e.